The van der Waals surface area contributed by atoms with Gasteiger partial charge in [0.1, 0.15) is 5.15 Å². The number of halogens is 1. The summed E-state index contributed by atoms with van der Waals surface area (Å²) in [5.41, 5.74) is 0.562. The zero-order chi connectivity index (χ0) is 11.5. The van der Waals surface area contributed by atoms with Crippen molar-refractivity contribution >= 4 is 17.5 Å². The molecule has 1 aromatic rings. The smallest absolute Gasteiger partial charge is 0.252 e. The Morgan fingerprint density at radius 3 is 2.94 bits per heavy atom. The molecule has 0 bridgehead atoms. The fourth-order valence-electron chi connectivity index (χ4n) is 1.70. The van der Waals surface area contributed by atoms with Gasteiger partial charge in [-0.2, -0.15) is 0 Å². The van der Waals surface area contributed by atoms with Crippen LogP contribution in [0.15, 0.2) is 18.3 Å². The van der Waals surface area contributed by atoms with E-state index in [0.29, 0.717) is 16.6 Å². The lowest BCUT2D eigenvalue weighted by Gasteiger charge is -2.11. The summed E-state index contributed by atoms with van der Waals surface area (Å²) in [4.78, 5) is 15.6. The zero-order valence-electron chi connectivity index (χ0n) is 9.24. The number of pyridine rings is 1. The SMILES string of the molecule is CC(CNC(=O)c1ccc(Cl)nc1)C1CC1. The van der Waals surface area contributed by atoms with Crippen LogP contribution in [0, 0.1) is 11.8 Å². The summed E-state index contributed by atoms with van der Waals surface area (Å²) in [6, 6.07) is 3.31. The number of amides is 1. The topological polar surface area (TPSA) is 42.0 Å². The molecule has 1 aliphatic rings. The van der Waals surface area contributed by atoms with Gasteiger partial charge in [0, 0.05) is 12.7 Å². The lowest BCUT2D eigenvalue weighted by atomic mass is 10.1. The highest BCUT2D eigenvalue weighted by Gasteiger charge is 2.27. The molecule has 86 valence electrons. The first-order valence-corrected chi connectivity index (χ1v) is 5.94. The van der Waals surface area contributed by atoms with Gasteiger partial charge in [-0.05, 0) is 36.8 Å². The van der Waals surface area contributed by atoms with Gasteiger partial charge in [0.15, 0.2) is 0 Å². The number of nitrogens with one attached hydrogen (secondary N) is 1. The molecule has 2 rings (SSSR count). The summed E-state index contributed by atoms with van der Waals surface area (Å²) in [5, 5.41) is 3.32. The maximum atomic E-state index is 11.7. The number of hydrogen-bond acceptors (Lipinski definition) is 2. The Morgan fingerprint density at radius 2 is 2.38 bits per heavy atom. The molecule has 1 aromatic heterocycles. The molecule has 1 saturated carbocycles. The maximum Gasteiger partial charge on any atom is 0.252 e. The molecule has 1 fully saturated rings. The van der Waals surface area contributed by atoms with E-state index in [1.807, 2.05) is 0 Å². The minimum Gasteiger partial charge on any atom is -0.352 e. The molecule has 0 radical (unpaired) electrons. The van der Waals surface area contributed by atoms with E-state index in [0.717, 1.165) is 12.5 Å². The molecule has 4 heteroatoms. The molecule has 1 amide bonds. The molecular formula is C12H15ClN2O. The van der Waals surface area contributed by atoms with Crippen LogP contribution in [0.2, 0.25) is 5.15 Å². The van der Waals surface area contributed by atoms with Crippen LogP contribution in [-0.2, 0) is 0 Å². The molecule has 0 saturated heterocycles. The van der Waals surface area contributed by atoms with Crippen LogP contribution in [0.3, 0.4) is 0 Å². The predicted octanol–water partition coefficient (Wildman–Crippen LogP) is 2.51. The molecule has 0 aliphatic heterocycles. The van der Waals surface area contributed by atoms with Crippen molar-refractivity contribution in [3.05, 3.63) is 29.0 Å². The van der Waals surface area contributed by atoms with Gasteiger partial charge in [-0.25, -0.2) is 4.98 Å². The van der Waals surface area contributed by atoms with E-state index in [-0.39, 0.29) is 5.91 Å². The van der Waals surface area contributed by atoms with Gasteiger partial charge in [-0.3, -0.25) is 4.79 Å². The standard InChI is InChI=1S/C12H15ClN2O/c1-8(9-2-3-9)6-15-12(16)10-4-5-11(13)14-7-10/h4-5,7-9H,2-3,6H2,1H3,(H,15,16). The lowest BCUT2D eigenvalue weighted by molar-refractivity contribution is 0.0946. The van der Waals surface area contributed by atoms with Gasteiger partial charge >= 0.3 is 0 Å². The summed E-state index contributed by atoms with van der Waals surface area (Å²) < 4.78 is 0. The second kappa shape index (κ2) is 4.83. The molecule has 1 atom stereocenters. The first-order valence-electron chi connectivity index (χ1n) is 5.56. The highest BCUT2D eigenvalue weighted by molar-refractivity contribution is 6.29. The summed E-state index contributed by atoms with van der Waals surface area (Å²) in [7, 11) is 0. The molecule has 1 aliphatic carbocycles. The second-order valence-corrected chi connectivity index (χ2v) is 4.78. The number of hydrogen-bond donors (Lipinski definition) is 1. The Labute approximate surface area is 100 Å². The van der Waals surface area contributed by atoms with E-state index in [4.69, 9.17) is 11.6 Å². The highest BCUT2D eigenvalue weighted by Crippen LogP contribution is 2.36. The summed E-state index contributed by atoms with van der Waals surface area (Å²) in [5.74, 6) is 1.31. The number of aromatic nitrogens is 1. The first kappa shape index (κ1) is 11.4. The summed E-state index contributed by atoms with van der Waals surface area (Å²) >= 11 is 5.65. The third-order valence-corrected chi connectivity index (χ3v) is 3.22. The molecular weight excluding hydrogens is 224 g/mol. The lowest BCUT2D eigenvalue weighted by Crippen LogP contribution is -2.29. The molecule has 16 heavy (non-hydrogen) atoms. The van der Waals surface area contributed by atoms with Crippen molar-refractivity contribution in [2.75, 3.05) is 6.54 Å². The van der Waals surface area contributed by atoms with Crippen LogP contribution in [0.4, 0.5) is 0 Å². The molecule has 1 unspecified atom stereocenters. The van der Waals surface area contributed by atoms with E-state index in [1.165, 1.54) is 19.0 Å². The summed E-state index contributed by atoms with van der Waals surface area (Å²) in [6.45, 7) is 2.92. The van der Waals surface area contributed by atoms with Crippen LogP contribution in [0.5, 0.6) is 0 Å². The number of rotatable bonds is 4. The predicted molar refractivity (Wildman–Crippen MR) is 63.5 cm³/mol. The van der Waals surface area contributed by atoms with E-state index in [2.05, 4.69) is 17.2 Å². The van der Waals surface area contributed by atoms with Crippen LogP contribution in [0.1, 0.15) is 30.1 Å². The van der Waals surface area contributed by atoms with E-state index >= 15 is 0 Å². The van der Waals surface area contributed by atoms with Gasteiger partial charge in [0.2, 0.25) is 0 Å². The number of carbonyl (C=O) groups is 1. The van der Waals surface area contributed by atoms with Crippen molar-refractivity contribution in [2.45, 2.75) is 19.8 Å². The quantitative estimate of drug-likeness (QED) is 0.819. The normalized spacial score (nSPS) is 16.9. The van der Waals surface area contributed by atoms with Crippen molar-refractivity contribution in [3.8, 4) is 0 Å². The fourth-order valence-corrected chi connectivity index (χ4v) is 1.81. The minimum absolute atomic E-state index is 0.0725. The van der Waals surface area contributed by atoms with Crippen molar-refractivity contribution in [3.63, 3.8) is 0 Å². The molecule has 0 spiro atoms. The Kier molecular flexibility index (Phi) is 3.44. The molecule has 1 N–H and O–H groups in total. The average molecular weight is 239 g/mol. The van der Waals surface area contributed by atoms with E-state index in [1.54, 1.807) is 12.1 Å². The van der Waals surface area contributed by atoms with Crippen LogP contribution in [0.25, 0.3) is 0 Å². The van der Waals surface area contributed by atoms with Gasteiger partial charge in [-0.15, -0.1) is 0 Å². The van der Waals surface area contributed by atoms with E-state index in [9.17, 15) is 4.79 Å². The second-order valence-electron chi connectivity index (χ2n) is 4.39. The Hall–Kier alpha value is -1.09. The largest absolute Gasteiger partial charge is 0.352 e. The summed E-state index contributed by atoms with van der Waals surface area (Å²) in [6.07, 6.45) is 4.11. The van der Waals surface area contributed by atoms with Gasteiger partial charge < -0.3 is 5.32 Å². The molecule has 1 heterocycles. The average Bonchev–Trinajstić information content (AvgIpc) is 3.10. The van der Waals surface area contributed by atoms with Crippen LogP contribution < -0.4 is 5.32 Å². The van der Waals surface area contributed by atoms with Gasteiger partial charge in [0.05, 0.1) is 5.56 Å². The number of carbonyl (C=O) groups excluding carboxylic acids is 1. The van der Waals surface area contributed by atoms with Crippen LogP contribution >= 0.6 is 11.6 Å². The van der Waals surface area contributed by atoms with Crippen LogP contribution in [-0.4, -0.2) is 17.4 Å². The fraction of sp³-hybridized carbons (Fsp3) is 0.500. The maximum absolute atomic E-state index is 11.7. The van der Waals surface area contributed by atoms with Crippen molar-refractivity contribution in [1.29, 1.82) is 0 Å². The van der Waals surface area contributed by atoms with E-state index < -0.39 is 0 Å². The third-order valence-electron chi connectivity index (χ3n) is 3.00. The Bertz CT molecular complexity index is 373. The van der Waals surface area contributed by atoms with Crippen molar-refractivity contribution in [2.24, 2.45) is 11.8 Å². The monoisotopic (exact) mass is 238 g/mol. The third kappa shape index (κ3) is 2.95. The van der Waals surface area contributed by atoms with Gasteiger partial charge in [-0.1, -0.05) is 18.5 Å². The zero-order valence-corrected chi connectivity index (χ0v) is 10.00. The first-order chi connectivity index (χ1) is 7.66. The van der Waals surface area contributed by atoms with Crippen molar-refractivity contribution < 1.29 is 4.79 Å². The number of nitrogens with zero attached hydrogens (tertiary/aromatic N) is 1. The Balaban J connectivity index is 1.85. The highest BCUT2D eigenvalue weighted by atomic mass is 35.5. The Morgan fingerprint density at radius 1 is 1.62 bits per heavy atom. The minimum atomic E-state index is -0.0725. The van der Waals surface area contributed by atoms with Gasteiger partial charge in [0.25, 0.3) is 5.91 Å². The van der Waals surface area contributed by atoms with Crippen molar-refractivity contribution in [1.82, 2.24) is 10.3 Å². The molecule has 0 aromatic carbocycles. The molecule has 3 nitrogen and oxygen atoms in total.